The van der Waals surface area contributed by atoms with Gasteiger partial charge in [-0.1, -0.05) is 32.0 Å². The summed E-state index contributed by atoms with van der Waals surface area (Å²) in [6.07, 6.45) is 3.86. The van der Waals surface area contributed by atoms with E-state index in [0.717, 1.165) is 10.9 Å². The van der Waals surface area contributed by atoms with Gasteiger partial charge in [0, 0.05) is 41.8 Å². The Bertz CT molecular complexity index is 1370. The van der Waals surface area contributed by atoms with Gasteiger partial charge in [-0.25, -0.2) is 9.78 Å². The van der Waals surface area contributed by atoms with Crippen LogP contribution in [0.1, 0.15) is 37.9 Å². The van der Waals surface area contributed by atoms with Crippen LogP contribution in [0.25, 0.3) is 10.9 Å². The average molecular weight is 570 g/mol. The van der Waals surface area contributed by atoms with E-state index in [4.69, 9.17) is 5.73 Å². The first kappa shape index (κ1) is 30.8. The zero-order valence-corrected chi connectivity index (χ0v) is 22.7. The molecule has 4 atom stereocenters. The Morgan fingerprint density at radius 1 is 0.902 bits per heavy atom. The molecule has 14 nitrogen and oxygen atoms in total. The summed E-state index contributed by atoms with van der Waals surface area (Å²) in [6.45, 7) is 3.72. The predicted octanol–water partition coefficient (Wildman–Crippen LogP) is 0.0633. The molecular weight excluding hydrogens is 534 g/mol. The molecule has 0 saturated heterocycles. The van der Waals surface area contributed by atoms with Crippen molar-refractivity contribution in [3.05, 3.63) is 54.2 Å². The van der Waals surface area contributed by atoms with E-state index in [0.29, 0.717) is 17.7 Å². The fraction of sp³-hybridized carbons (Fsp3) is 0.407. The normalized spacial score (nSPS) is 14.1. The Morgan fingerprint density at radius 2 is 1.56 bits per heavy atom. The first-order valence-corrected chi connectivity index (χ1v) is 13.1. The third-order valence-corrected chi connectivity index (χ3v) is 6.40. The van der Waals surface area contributed by atoms with Crippen LogP contribution >= 0.6 is 0 Å². The molecule has 0 saturated carbocycles. The molecule has 0 aliphatic carbocycles. The number of H-pyrrole nitrogens is 2. The van der Waals surface area contributed by atoms with Crippen LogP contribution < -0.4 is 21.7 Å². The van der Waals surface area contributed by atoms with Crippen molar-refractivity contribution in [2.24, 2.45) is 11.7 Å². The number of carboxylic acid groups (broad SMARTS) is 2. The van der Waals surface area contributed by atoms with Crippen LogP contribution in [0.3, 0.4) is 0 Å². The third kappa shape index (κ3) is 8.89. The van der Waals surface area contributed by atoms with Gasteiger partial charge in [-0.2, -0.15) is 0 Å². The number of nitrogens with zero attached hydrogens (tertiary/aromatic N) is 1. The summed E-state index contributed by atoms with van der Waals surface area (Å²) in [5.74, 6) is -5.03. The summed E-state index contributed by atoms with van der Waals surface area (Å²) in [5, 5.41) is 27.2. The number of carbonyl (C=O) groups is 5. The smallest absolute Gasteiger partial charge is 0.326 e. The molecule has 0 spiro atoms. The fourth-order valence-electron chi connectivity index (χ4n) is 4.37. The Balaban J connectivity index is 1.85. The minimum absolute atomic E-state index is 0.0570. The first-order valence-electron chi connectivity index (χ1n) is 13.1. The molecule has 41 heavy (non-hydrogen) atoms. The molecule has 0 aliphatic rings. The third-order valence-electron chi connectivity index (χ3n) is 6.40. The van der Waals surface area contributed by atoms with Gasteiger partial charge in [0.25, 0.3) is 0 Å². The van der Waals surface area contributed by atoms with Crippen molar-refractivity contribution in [1.82, 2.24) is 30.9 Å². The molecule has 14 heteroatoms. The number of benzene rings is 1. The number of hydrogen-bond donors (Lipinski definition) is 8. The maximum atomic E-state index is 13.4. The standard InChI is InChI=1S/C27H35N7O7/c1-14(2)7-18(28)24(37)32-21(10-23(35)36)26(39)33-20(8-15-11-30-19-6-4-3-5-17(15)19)25(38)34-22(27(40)41)9-16-12-29-13-31-16/h3-6,11-14,18,20-22,30H,7-10,28H2,1-2H3,(H,29,31)(H,32,37)(H,33,39)(H,34,38)(H,35,36)(H,40,41). The van der Waals surface area contributed by atoms with E-state index in [2.05, 4.69) is 30.9 Å². The number of aromatic amines is 2. The van der Waals surface area contributed by atoms with Crippen LogP contribution in [-0.4, -0.2) is 79.0 Å². The second-order valence-corrected chi connectivity index (χ2v) is 10.2. The van der Waals surface area contributed by atoms with Gasteiger partial charge in [-0.15, -0.1) is 0 Å². The lowest BCUT2D eigenvalue weighted by Gasteiger charge is -2.25. The number of aliphatic carboxylic acids is 2. The number of rotatable bonds is 15. The number of nitrogens with one attached hydrogen (secondary N) is 5. The quantitative estimate of drug-likeness (QED) is 0.123. The topological polar surface area (TPSA) is 232 Å². The number of imidazole rings is 1. The largest absolute Gasteiger partial charge is 0.481 e. The molecule has 2 aromatic heterocycles. The highest BCUT2D eigenvalue weighted by Gasteiger charge is 2.32. The zero-order valence-electron chi connectivity index (χ0n) is 22.7. The molecule has 4 unspecified atom stereocenters. The summed E-state index contributed by atoms with van der Waals surface area (Å²) in [7, 11) is 0. The molecule has 0 radical (unpaired) electrons. The van der Waals surface area contributed by atoms with Crippen LogP contribution in [0, 0.1) is 5.92 Å². The van der Waals surface area contributed by atoms with Gasteiger partial charge in [0.05, 0.1) is 18.8 Å². The van der Waals surface area contributed by atoms with E-state index in [1.807, 2.05) is 32.0 Å². The lowest BCUT2D eigenvalue weighted by Crippen LogP contribution is -2.58. The zero-order chi connectivity index (χ0) is 30.1. The van der Waals surface area contributed by atoms with E-state index in [9.17, 15) is 34.2 Å². The van der Waals surface area contributed by atoms with Crippen molar-refractivity contribution >= 4 is 40.6 Å². The molecule has 3 rings (SSSR count). The lowest BCUT2D eigenvalue weighted by molar-refractivity contribution is -0.143. The number of fused-ring (bicyclic) bond motifs is 1. The van der Waals surface area contributed by atoms with Gasteiger partial charge in [-0.3, -0.25) is 19.2 Å². The summed E-state index contributed by atoms with van der Waals surface area (Å²) in [5.41, 5.74) is 7.81. The van der Waals surface area contributed by atoms with Crippen molar-refractivity contribution in [3.8, 4) is 0 Å². The highest BCUT2D eigenvalue weighted by atomic mass is 16.4. The van der Waals surface area contributed by atoms with E-state index in [-0.39, 0.29) is 18.8 Å². The van der Waals surface area contributed by atoms with Crippen molar-refractivity contribution in [1.29, 1.82) is 0 Å². The first-order chi connectivity index (χ1) is 19.4. The van der Waals surface area contributed by atoms with E-state index >= 15 is 0 Å². The molecule has 1 aromatic carbocycles. The van der Waals surface area contributed by atoms with E-state index in [1.165, 1.54) is 12.5 Å². The number of aromatic nitrogens is 3. The Morgan fingerprint density at radius 3 is 2.20 bits per heavy atom. The van der Waals surface area contributed by atoms with Crippen molar-refractivity contribution in [2.75, 3.05) is 0 Å². The molecular formula is C27H35N7O7. The van der Waals surface area contributed by atoms with Gasteiger partial charge in [0.1, 0.15) is 18.1 Å². The Labute approximate surface area is 235 Å². The maximum Gasteiger partial charge on any atom is 0.326 e. The summed E-state index contributed by atoms with van der Waals surface area (Å²) in [6, 6.07) is 2.11. The number of carbonyl (C=O) groups excluding carboxylic acids is 3. The minimum Gasteiger partial charge on any atom is -0.481 e. The summed E-state index contributed by atoms with van der Waals surface area (Å²) < 4.78 is 0. The van der Waals surface area contributed by atoms with Gasteiger partial charge in [-0.05, 0) is 24.0 Å². The van der Waals surface area contributed by atoms with Crippen molar-refractivity contribution in [2.45, 2.75) is 63.7 Å². The Hall–Kier alpha value is -4.72. The van der Waals surface area contributed by atoms with Gasteiger partial charge in [0.2, 0.25) is 17.7 Å². The highest BCUT2D eigenvalue weighted by molar-refractivity contribution is 5.96. The second kappa shape index (κ2) is 14.1. The molecule has 3 aromatic rings. The number of hydrogen-bond acceptors (Lipinski definition) is 7. The molecule has 0 fully saturated rings. The minimum atomic E-state index is -1.53. The van der Waals surface area contributed by atoms with Gasteiger partial charge in [0.15, 0.2) is 0 Å². The molecule has 0 aliphatic heterocycles. The van der Waals surface area contributed by atoms with Crippen molar-refractivity contribution < 1.29 is 34.2 Å². The van der Waals surface area contributed by atoms with Crippen LogP contribution in [0.15, 0.2) is 43.0 Å². The van der Waals surface area contributed by atoms with E-state index in [1.54, 1.807) is 12.3 Å². The molecule has 9 N–H and O–H groups in total. The molecule has 3 amide bonds. The second-order valence-electron chi connectivity index (χ2n) is 10.2. The van der Waals surface area contributed by atoms with Crippen LogP contribution in [-0.2, 0) is 36.8 Å². The SMILES string of the molecule is CC(C)CC(N)C(=O)NC(CC(=O)O)C(=O)NC(Cc1c[nH]c2ccccc12)C(=O)NC(Cc1cnc[nH]1)C(=O)O. The number of amides is 3. The molecule has 2 heterocycles. The van der Waals surface area contributed by atoms with Crippen LogP contribution in [0.4, 0.5) is 0 Å². The van der Waals surface area contributed by atoms with Crippen LogP contribution in [0.2, 0.25) is 0 Å². The van der Waals surface area contributed by atoms with Crippen molar-refractivity contribution in [3.63, 3.8) is 0 Å². The van der Waals surface area contributed by atoms with Gasteiger partial charge < -0.3 is 41.9 Å². The van der Waals surface area contributed by atoms with Crippen LogP contribution in [0.5, 0.6) is 0 Å². The van der Waals surface area contributed by atoms with E-state index < -0.39 is 60.2 Å². The van der Waals surface area contributed by atoms with Gasteiger partial charge >= 0.3 is 11.9 Å². The average Bonchev–Trinajstić information content (AvgIpc) is 3.56. The maximum absolute atomic E-state index is 13.4. The monoisotopic (exact) mass is 569 g/mol. The summed E-state index contributed by atoms with van der Waals surface area (Å²) in [4.78, 5) is 72.5. The number of para-hydroxylation sites is 1. The Kier molecular flexibility index (Phi) is 10.6. The predicted molar refractivity (Wildman–Crippen MR) is 147 cm³/mol. The highest BCUT2D eigenvalue weighted by Crippen LogP contribution is 2.19. The molecule has 220 valence electrons. The summed E-state index contributed by atoms with van der Waals surface area (Å²) >= 11 is 0. The number of carboxylic acids is 2. The molecule has 0 bridgehead atoms. The number of nitrogens with two attached hydrogens (primary N) is 1. The fourth-order valence-corrected chi connectivity index (χ4v) is 4.37. The lowest BCUT2D eigenvalue weighted by atomic mass is 10.0.